The summed E-state index contributed by atoms with van der Waals surface area (Å²) in [6, 6.07) is 9.78. The molecule has 0 bridgehead atoms. The molecule has 0 spiro atoms. The third kappa shape index (κ3) is 3.22. The lowest BCUT2D eigenvalue weighted by molar-refractivity contribution is -0.0991. The topological polar surface area (TPSA) is 54.3 Å². The summed E-state index contributed by atoms with van der Waals surface area (Å²) in [6.07, 6.45) is 0. The third-order valence-corrected chi connectivity index (χ3v) is 3.03. The van der Waals surface area contributed by atoms with Gasteiger partial charge in [-0.1, -0.05) is 25.1 Å². The van der Waals surface area contributed by atoms with E-state index in [0.29, 0.717) is 0 Å². The van der Waals surface area contributed by atoms with Gasteiger partial charge < -0.3 is 14.8 Å². The molecule has 96 valence electrons. The molecule has 4 nitrogen and oxygen atoms in total. The molecule has 0 amide bonds. The molecule has 1 saturated heterocycles. The molecule has 0 saturated carbocycles. The Morgan fingerprint density at radius 1 is 1.44 bits per heavy atom. The number of nitriles is 1. The van der Waals surface area contributed by atoms with Crippen LogP contribution in [0.4, 0.5) is 0 Å². The minimum Gasteiger partial charge on any atom is -0.478 e. The fourth-order valence-corrected chi connectivity index (χ4v) is 1.95. The van der Waals surface area contributed by atoms with Gasteiger partial charge >= 0.3 is 0 Å². The highest BCUT2D eigenvalue weighted by molar-refractivity contribution is 5.33. The van der Waals surface area contributed by atoms with Gasteiger partial charge in [0.05, 0.1) is 13.2 Å². The molecule has 0 unspecified atom stereocenters. The summed E-state index contributed by atoms with van der Waals surface area (Å²) in [5, 5.41) is 12.0. The summed E-state index contributed by atoms with van der Waals surface area (Å²) in [4.78, 5) is 0. The van der Waals surface area contributed by atoms with Crippen molar-refractivity contribution in [3.8, 4) is 11.8 Å². The van der Waals surface area contributed by atoms with Crippen LogP contribution in [0.3, 0.4) is 0 Å². The molecule has 1 aromatic carbocycles. The number of nitrogens with zero attached hydrogens (tertiary/aromatic N) is 1. The van der Waals surface area contributed by atoms with Crippen LogP contribution in [0.2, 0.25) is 0 Å². The Morgan fingerprint density at radius 3 is 2.89 bits per heavy atom. The molecule has 1 aliphatic heterocycles. The first-order chi connectivity index (χ1) is 8.73. The Morgan fingerprint density at radius 2 is 2.22 bits per heavy atom. The molecule has 0 atom stereocenters. The summed E-state index contributed by atoms with van der Waals surface area (Å²) in [6.45, 7) is 5.63. The van der Waals surface area contributed by atoms with Crippen LogP contribution in [0.15, 0.2) is 24.3 Å². The fourth-order valence-electron chi connectivity index (χ4n) is 1.95. The highest BCUT2D eigenvalue weighted by atomic mass is 16.5. The van der Waals surface area contributed by atoms with E-state index in [1.807, 2.05) is 30.3 Å². The Bertz CT molecular complexity index is 436. The van der Waals surface area contributed by atoms with Crippen LogP contribution in [-0.4, -0.2) is 26.4 Å². The van der Waals surface area contributed by atoms with E-state index < -0.39 is 0 Å². The van der Waals surface area contributed by atoms with Crippen molar-refractivity contribution in [2.24, 2.45) is 5.41 Å². The summed E-state index contributed by atoms with van der Waals surface area (Å²) in [7, 11) is 0. The Balaban J connectivity index is 1.86. The Kier molecular flexibility index (Phi) is 4.19. The predicted molar refractivity (Wildman–Crippen MR) is 68.2 cm³/mol. The molecule has 0 radical (unpaired) electrons. The van der Waals surface area contributed by atoms with E-state index in [-0.39, 0.29) is 12.0 Å². The highest BCUT2D eigenvalue weighted by Gasteiger charge is 2.32. The van der Waals surface area contributed by atoms with Crippen LogP contribution in [0, 0.1) is 16.7 Å². The maximum Gasteiger partial charge on any atom is 0.174 e. The van der Waals surface area contributed by atoms with Crippen LogP contribution < -0.4 is 10.1 Å². The van der Waals surface area contributed by atoms with E-state index in [1.165, 1.54) is 0 Å². The lowest BCUT2D eigenvalue weighted by atomic mass is 9.89. The molecule has 1 aliphatic rings. The van der Waals surface area contributed by atoms with Gasteiger partial charge in [0.1, 0.15) is 11.8 Å². The van der Waals surface area contributed by atoms with Gasteiger partial charge in [0.2, 0.25) is 0 Å². The van der Waals surface area contributed by atoms with E-state index in [2.05, 4.69) is 12.2 Å². The average Bonchev–Trinajstić information content (AvgIpc) is 2.35. The summed E-state index contributed by atoms with van der Waals surface area (Å²) in [5.41, 5.74) is 1.35. The Hall–Kier alpha value is -1.57. The first-order valence-electron chi connectivity index (χ1n) is 6.10. The molecule has 1 aromatic rings. The summed E-state index contributed by atoms with van der Waals surface area (Å²) >= 11 is 0. The number of benzene rings is 1. The van der Waals surface area contributed by atoms with Crippen molar-refractivity contribution in [1.82, 2.24) is 5.32 Å². The quantitative estimate of drug-likeness (QED) is 0.830. The highest BCUT2D eigenvalue weighted by Crippen LogP contribution is 2.25. The van der Waals surface area contributed by atoms with Crippen LogP contribution >= 0.6 is 0 Å². The molecular weight excluding hydrogens is 228 g/mol. The number of nitrogens with one attached hydrogen (secondary N) is 1. The number of rotatable bonds is 6. The lowest BCUT2D eigenvalue weighted by Gasteiger charge is -2.38. The zero-order chi connectivity index (χ0) is 12.8. The monoisotopic (exact) mass is 246 g/mol. The molecule has 18 heavy (non-hydrogen) atoms. The van der Waals surface area contributed by atoms with Gasteiger partial charge in [-0.3, -0.25) is 0 Å². The molecule has 0 aromatic heterocycles. The van der Waals surface area contributed by atoms with Crippen LogP contribution in [0.1, 0.15) is 12.5 Å². The van der Waals surface area contributed by atoms with Gasteiger partial charge in [-0.15, -0.1) is 0 Å². The van der Waals surface area contributed by atoms with Crippen molar-refractivity contribution in [3.63, 3.8) is 0 Å². The minimum absolute atomic E-state index is 0.0859. The largest absolute Gasteiger partial charge is 0.478 e. The van der Waals surface area contributed by atoms with Crippen LogP contribution in [0.5, 0.6) is 5.75 Å². The second-order valence-electron chi connectivity index (χ2n) is 4.96. The molecule has 2 rings (SSSR count). The summed E-state index contributed by atoms with van der Waals surface area (Å²) in [5.74, 6) is 0.779. The van der Waals surface area contributed by atoms with Crippen molar-refractivity contribution in [3.05, 3.63) is 29.8 Å². The molecule has 1 N–H and O–H groups in total. The molecule has 1 fully saturated rings. The van der Waals surface area contributed by atoms with E-state index in [4.69, 9.17) is 14.7 Å². The van der Waals surface area contributed by atoms with Crippen molar-refractivity contribution in [2.45, 2.75) is 13.5 Å². The smallest absolute Gasteiger partial charge is 0.174 e. The molecular formula is C14H18N2O2. The van der Waals surface area contributed by atoms with Gasteiger partial charge in [-0.05, 0) is 6.07 Å². The van der Waals surface area contributed by atoms with E-state index >= 15 is 0 Å². The first-order valence-corrected chi connectivity index (χ1v) is 6.10. The fraction of sp³-hybridized carbons (Fsp3) is 0.500. The van der Waals surface area contributed by atoms with Crippen LogP contribution in [0.25, 0.3) is 0 Å². The third-order valence-electron chi connectivity index (χ3n) is 3.03. The lowest BCUT2D eigenvalue weighted by Crippen LogP contribution is -2.47. The number of para-hydroxylation sites is 1. The minimum atomic E-state index is 0.0859. The SMILES string of the molecule is CC1(CNCc2ccccc2OCC#N)COC1. The van der Waals surface area contributed by atoms with Gasteiger partial charge in [-0.25, -0.2) is 0 Å². The van der Waals surface area contributed by atoms with Crippen molar-refractivity contribution in [1.29, 1.82) is 5.26 Å². The van der Waals surface area contributed by atoms with Gasteiger partial charge in [-0.2, -0.15) is 5.26 Å². The van der Waals surface area contributed by atoms with Crippen LogP contribution in [-0.2, 0) is 11.3 Å². The predicted octanol–water partition coefficient (Wildman–Crippen LogP) is 1.72. The van der Waals surface area contributed by atoms with E-state index in [0.717, 1.165) is 37.6 Å². The van der Waals surface area contributed by atoms with Crippen molar-refractivity contribution in [2.75, 3.05) is 26.4 Å². The second kappa shape index (κ2) is 5.85. The number of hydrogen-bond donors (Lipinski definition) is 1. The normalized spacial score (nSPS) is 16.7. The summed E-state index contributed by atoms with van der Waals surface area (Å²) < 4.78 is 10.6. The second-order valence-corrected chi connectivity index (χ2v) is 4.96. The molecule has 1 heterocycles. The standard InChI is InChI=1S/C14H18N2O2/c1-14(10-17-11-14)9-16-8-12-4-2-3-5-13(12)18-7-6-15/h2-5,16H,7-11H2,1H3. The zero-order valence-electron chi connectivity index (χ0n) is 10.6. The van der Waals surface area contributed by atoms with Gasteiger partial charge in [0.15, 0.2) is 6.61 Å². The van der Waals surface area contributed by atoms with Gasteiger partial charge in [0, 0.05) is 24.1 Å². The van der Waals surface area contributed by atoms with Crippen molar-refractivity contribution >= 4 is 0 Å². The zero-order valence-corrected chi connectivity index (χ0v) is 10.6. The maximum absolute atomic E-state index is 8.54. The van der Waals surface area contributed by atoms with E-state index in [1.54, 1.807) is 0 Å². The van der Waals surface area contributed by atoms with E-state index in [9.17, 15) is 0 Å². The molecule has 4 heteroatoms. The van der Waals surface area contributed by atoms with Crippen molar-refractivity contribution < 1.29 is 9.47 Å². The van der Waals surface area contributed by atoms with Gasteiger partial charge in [0.25, 0.3) is 0 Å². The Labute approximate surface area is 108 Å². The maximum atomic E-state index is 8.54. The first kappa shape index (κ1) is 12.9. The number of hydrogen-bond acceptors (Lipinski definition) is 4. The average molecular weight is 246 g/mol. The molecule has 0 aliphatic carbocycles. The number of ether oxygens (including phenoxy) is 2.